The van der Waals surface area contributed by atoms with E-state index in [0.29, 0.717) is 10.8 Å². The molecule has 26 heavy (non-hydrogen) atoms. The van der Waals surface area contributed by atoms with Gasteiger partial charge in [-0.3, -0.25) is 0 Å². The first-order chi connectivity index (χ1) is 12.3. The molecule has 4 atom stereocenters. The second-order valence-corrected chi connectivity index (χ2v) is 10.5. The highest BCUT2D eigenvalue weighted by Crippen LogP contribution is 2.61. The van der Waals surface area contributed by atoms with Crippen LogP contribution in [0.5, 0.6) is 11.5 Å². The van der Waals surface area contributed by atoms with E-state index in [2.05, 4.69) is 39.8 Å². The maximum Gasteiger partial charge on any atom is 0.123 e. The molecule has 0 aromatic heterocycles. The Hall–Kier alpha value is -0.830. The molecule has 0 N–H and O–H groups in total. The first-order valence-electron chi connectivity index (χ1n) is 10.2. The van der Waals surface area contributed by atoms with Gasteiger partial charge in [-0.1, -0.05) is 40.5 Å². The molecule has 0 spiro atoms. The fraction of sp³-hybridized carbons (Fsp3) is 0.739. The van der Waals surface area contributed by atoms with Crippen molar-refractivity contribution in [2.75, 3.05) is 20.0 Å². The summed E-state index contributed by atoms with van der Waals surface area (Å²) in [6, 6.07) is 6.24. The summed E-state index contributed by atoms with van der Waals surface area (Å²) in [5.41, 5.74) is 0.977. The number of fused-ring (bicyclic) bond motifs is 1. The van der Waals surface area contributed by atoms with E-state index in [1.807, 2.05) is 17.8 Å². The zero-order valence-electron chi connectivity index (χ0n) is 17.4. The molecule has 3 rings (SSSR count). The number of rotatable bonds is 5. The van der Waals surface area contributed by atoms with Crippen molar-refractivity contribution < 1.29 is 9.47 Å². The van der Waals surface area contributed by atoms with Gasteiger partial charge in [0.25, 0.3) is 0 Å². The van der Waals surface area contributed by atoms with E-state index in [1.54, 1.807) is 14.2 Å². The third kappa shape index (κ3) is 3.74. The summed E-state index contributed by atoms with van der Waals surface area (Å²) in [4.78, 5) is 1.26. The highest BCUT2D eigenvalue weighted by Gasteiger charge is 2.53. The molecule has 1 aromatic carbocycles. The van der Waals surface area contributed by atoms with Crippen molar-refractivity contribution in [3.63, 3.8) is 0 Å². The predicted molar refractivity (Wildman–Crippen MR) is 111 cm³/mol. The predicted octanol–water partition coefficient (Wildman–Crippen LogP) is 6.67. The van der Waals surface area contributed by atoms with Crippen LogP contribution in [-0.2, 0) is 0 Å². The smallest absolute Gasteiger partial charge is 0.123 e. The number of hydrogen-bond acceptors (Lipinski definition) is 3. The number of hydrogen-bond donors (Lipinski definition) is 0. The van der Waals surface area contributed by atoms with Crippen LogP contribution in [0, 0.1) is 28.6 Å². The summed E-state index contributed by atoms with van der Waals surface area (Å²) in [6.45, 7) is 10.1. The molecule has 4 unspecified atom stereocenters. The molecular formula is C23H36O2S. The minimum absolute atomic E-state index is 0.482. The Morgan fingerprint density at radius 3 is 2.27 bits per heavy atom. The number of ether oxygens (including phenoxy) is 2. The first kappa shape index (κ1) is 19.9. The van der Waals surface area contributed by atoms with E-state index in [0.717, 1.165) is 29.3 Å². The molecule has 0 bridgehead atoms. The Kier molecular flexibility index (Phi) is 5.86. The quantitative estimate of drug-likeness (QED) is 0.534. The average Bonchev–Trinajstić information content (AvgIpc) is 2.59. The summed E-state index contributed by atoms with van der Waals surface area (Å²) in [5.74, 6) is 5.41. The molecular weight excluding hydrogens is 340 g/mol. The Balaban J connectivity index is 1.79. The van der Waals surface area contributed by atoms with E-state index in [-0.39, 0.29) is 0 Å². The van der Waals surface area contributed by atoms with Crippen LogP contribution in [0.4, 0.5) is 0 Å². The van der Waals surface area contributed by atoms with Gasteiger partial charge in [-0.05, 0) is 60.0 Å². The molecule has 0 heterocycles. The third-order valence-corrected chi connectivity index (χ3v) is 8.57. The second-order valence-electron chi connectivity index (χ2n) is 9.42. The van der Waals surface area contributed by atoms with Crippen LogP contribution in [0.25, 0.3) is 0 Å². The van der Waals surface area contributed by atoms with Gasteiger partial charge in [0.1, 0.15) is 11.5 Å². The SMILES string of the molecule is COc1cc(OC)cc(SCC2C(C)CCC3C(C)(C)CCCC23C)c1. The highest BCUT2D eigenvalue weighted by molar-refractivity contribution is 7.99. The van der Waals surface area contributed by atoms with Gasteiger partial charge in [0, 0.05) is 16.7 Å². The molecule has 0 amide bonds. The Morgan fingerprint density at radius 1 is 1.00 bits per heavy atom. The maximum atomic E-state index is 5.45. The van der Waals surface area contributed by atoms with Crippen LogP contribution in [0.15, 0.2) is 23.1 Å². The molecule has 0 aliphatic heterocycles. The van der Waals surface area contributed by atoms with Gasteiger partial charge in [-0.2, -0.15) is 0 Å². The van der Waals surface area contributed by atoms with Gasteiger partial charge in [0.15, 0.2) is 0 Å². The van der Waals surface area contributed by atoms with E-state index in [9.17, 15) is 0 Å². The first-order valence-corrected chi connectivity index (χ1v) is 11.1. The molecule has 3 heteroatoms. The van der Waals surface area contributed by atoms with E-state index < -0.39 is 0 Å². The summed E-state index contributed by atoms with van der Waals surface area (Å²) >= 11 is 1.98. The van der Waals surface area contributed by atoms with Crippen molar-refractivity contribution in [1.29, 1.82) is 0 Å². The third-order valence-electron chi connectivity index (χ3n) is 7.48. The summed E-state index contributed by atoms with van der Waals surface area (Å²) < 4.78 is 10.9. The maximum absolute atomic E-state index is 5.45. The second kappa shape index (κ2) is 7.66. The minimum Gasteiger partial charge on any atom is -0.497 e. The molecule has 1 aromatic rings. The summed E-state index contributed by atoms with van der Waals surface area (Å²) in [5, 5.41) is 0. The van der Waals surface area contributed by atoms with Gasteiger partial charge in [0.2, 0.25) is 0 Å². The van der Waals surface area contributed by atoms with E-state index in [4.69, 9.17) is 9.47 Å². The largest absolute Gasteiger partial charge is 0.497 e. The standard InChI is InChI=1S/C23H36O2S/c1-16-8-9-21-22(2,3)10-7-11-23(21,4)20(16)15-26-19-13-17(24-5)12-18(14-19)25-6/h12-14,16,20-21H,7-11,15H2,1-6H3. The monoisotopic (exact) mass is 376 g/mol. The van der Waals surface area contributed by atoms with Gasteiger partial charge < -0.3 is 9.47 Å². The van der Waals surface area contributed by atoms with Crippen LogP contribution >= 0.6 is 11.8 Å². The zero-order valence-corrected chi connectivity index (χ0v) is 18.2. The van der Waals surface area contributed by atoms with E-state index >= 15 is 0 Å². The van der Waals surface area contributed by atoms with Crippen LogP contribution in [0.3, 0.4) is 0 Å². The lowest BCUT2D eigenvalue weighted by atomic mass is 9.47. The van der Waals surface area contributed by atoms with Gasteiger partial charge in [-0.15, -0.1) is 11.8 Å². The molecule has 0 radical (unpaired) electrons. The Labute approximate surface area is 164 Å². The lowest BCUT2D eigenvalue weighted by Gasteiger charge is -2.59. The summed E-state index contributed by atoms with van der Waals surface area (Å²) in [7, 11) is 3.45. The highest BCUT2D eigenvalue weighted by atomic mass is 32.2. The van der Waals surface area contributed by atoms with Crippen LogP contribution in [0.1, 0.15) is 59.8 Å². The van der Waals surface area contributed by atoms with Crippen LogP contribution < -0.4 is 9.47 Å². The minimum atomic E-state index is 0.482. The van der Waals surface area contributed by atoms with Gasteiger partial charge in [-0.25, -0.2) is 0 Å². The van der Waals surface area contributed by atoms with Crippen molar-refractivity contribution in [2.24, 2.45) is 28.6 Å². The molecule has 2 nitrogen and oxygen atoms in total. The number of benzene rings is 1. The van der Waals surface area contributed by atoms with Crippen molar-refractivity contribution >= 4 is 11.8 Å². The Morgan fingerprint density at radius 2 is 1.65 bits per heavy atom. The Bertz CT molecular complexity index is 604. The normalized spacial score (nSPS) is 33.4. The van der Waals surface area contributed by atoms with Crippen LogP contribution in [0.2, 0.25) is 0 Å². The topological polar surface area (TPSA) is 18.5 Å². The molecule has 146 valence electrons. The molecule has 2 saturated carbocycles. The molecule has 2 fully saturated rings. The van der Waals surface area contributed by atoms with Crippen molar-refractivity contribution in [1.82, 2.24) is 0 Å². The van der Waals surface area contributed by atoms with Crippen molar-refractivity contribution in [3.05, 3.63) is 18.2 Å². The van der Waals surface area contributed by atoms with Gasteiger partial charge >= 0.3 is 0 Å². The number of thioether (sulfide) groups is 1. The van der Waals surface area contributed by atoms with Crippen molar-refractivity contribution in [3.8, 4) is 11.5 Å². The average molecular weight is 377 g/mol. The van der Waals surface area contributed by atoms with E-state index in [1.165, 1.54) is 42.8 Å². The molecule has 2 aliphatic rings. The fourth-order valence-corrected chi connectivity index (χ4v) is 7.50. The molecule has 0 saturated heterocycles. The number of methoxy groups -OCH3 is 2. The lowest BCUT2D eigenvalue weighted by molar-refractivity contribution is -0.0850. The zero-order chi connectivity index (χ0) is 18.9. The van der Waals surface area contributed by atoms with Gasteiger partial charge in [0.05, 0.1) is 14.2 Å². The summed E-state index contributed by atoms with van der Waals surface area (Å²) in [6.07, 6.45) is 6.99. The molecule has 2 aliphatic carbocycles. The fourth-order valence-electron chi connectivity index (χ4n) is 6.02. The van der Waals surface area contributed by atoms with Crippen LogP contribution in [-0.4, -0.2) is 20.0 Å². The van der Waals surface area contributed by atoms with Crippen molar-refractivity contribution in [2.45, 2.75) is 64.7 Å². The lowest BCUT2D eigenvalue weighted by Crippen LogP contribution is -2.51.